The van der Waals surface area contributed by atoms with Crippen molar-refractivity contribution in [3.63, 3.8) is 0 Å². The number of nitrogens with zero attached hydrogens (tertiary/aromatic N) is 5. The molecule has 18 heteroatoms. The van der Waals surface area contributed by atoms with Gasteiger partial charge in [0.05, 0.1) is 5.69 Å². The van der Waals surface area contributed by atoms with Crippen LogP contribution in [0, 0.1) is 0 Å². The minimum atomic E-state index is -5.15. The summed E-state index contributed by atoms with van der Waals surface area (Å²) in [5.41, 5.74) is 0.367. The number of hydrogen-bond donors (Lipinski definition) is 2. The van der Waals surface area contributed by atoms with Crippen molar-refractivity contribution in [2.45, 2.75) is 12.5 Å². The fourth-order valence-electron chi connectivity index (χ4n) is 3.12. The highest BCUT2D eigenvalue weighted by Crippen LogP contribution is 2.39. The number of hydrogen-bond acceptors (Lipinski definition) is 9. The first kappa shape index (κ1) is 31.3. The van der Waals surface area contributed by atoms with Crippen molar-refractivity contribution in [1.29, 1.82) is 0 Å². The van der Waals surface area contributed by atoms with Crippen molar-refractivity contribution in [3.8, 4) is 11.5 Å². The van der Waals surface area contributed by atoms with E-state index >= 15 is 0 Å². The van der Waals surface area contributed by atoms with Crippen molar-refractivity contribution in [2.75, 3.05) is 18.7 Å². The lowest BCUT2D eigenvalue weighted by molar-refractivity contribution is -0.400. The number of hydrazine groups is 1. The zero-order valence-electron chi connectivity index (χ0n) is 21.1. The van der Waals surface area contributed by atoms with E-state index in [9.17, 15) is 35.9 Å². The van der Waals surface area contributed by atoms with E-state index in [1.165, 1.54) is 67.8 Å². The number of carbonyl (C=O) groups excluding carboxylic acids is 2. The Morgan fingerprint density at radius 1 is 0.976 bits per heavy atom. The van der Waals surface area contributed by atoms with Crippen LogP contribution in [0.5, 0.6) is 11.5 Å². The number of aliphatic carboxylic acids is 1. The highest BCUT2D eigenvalue weighted by molar-refractivity contribution is 5.95. The first-order valence-corrected chi connectivity index (χ1v) is 11.3. The van der Waals surface area contributed by atoms with Gasteiger partial charge < -0.3 is 15.2 Å². The van der Waals surface area contributed by atoms with Gasteiger partial charge >= 0.3 is 18.5 Å². The van der Waals surface area contributed by atoms with E-state index in [4.69, 9.17) is 14.6 Å². The lowest BCUT2D eigenvalue weighted by Crippen LogP contribution is -2.50. The van der Waals surface area contributed by atoms with Crippen LogP contribution in [-0.4, -0.2) is 59.3 Å². The fourth-order valence-corrected chi connectivity index (χ4v) is 3.12. The zero-order valence-corrected chi connectivity index (χ0v) is 21.1. The smallest absolute Gasteiger partial charge is 0.475 e. The summed E-state index contributed by atoms with van der Waals surface area (Å²) in [6.07, 6.45) is -8.84. The van der Waals surface area contributed by atoms with Gasteiger partial charge in [0.2, 0.25) is 0 Å². The number of fused-ring (bicyclic) bond motifs is 1. The number of ether oxygens (including phenoxy) is 1. The summed E-state index contributed by atoms with van der Waals surface area (Å²) in [6, 6.07) is 14.6. The molecule has 0 fully saturated rings. The number of benzene rings is 2. The number of rotatable bonds is 6. The molecule has 2 heterocycles. The van der Waals surface area contributed by atoms with Crippen molar-refractivity contribution >= 4 is 29.2 Å². The van der Waals surface area contributed by atoms with Crippen LogP contribution in [0.3, 0.4) is 0 Å². The summed E-state index contributed by atoms with van der Waals surface area (Å²) in [5.74, 6) is -3.66. The molecule has 3 aromatic rings. The second-order valence-corrected chi connectivity index (χ2v) is 7.77. The van der Waals surface area contributed by atoms with E-state index in [1.54, 1.807) is 6.07 Å². The number of aromatic nitrogens is 1. The van der Waals surface area contributed by atoms with Crippen LogP contribution >= 0.6 is 0 Å². The maximum atomic E-state index is 13.2. The van der Waals surface area contributed by atoms with Gasteiger partial charge in [0.15, 0.2) is 6.67 Å². The summed E-state index contributed by atoms with van der Waals surface area (Å²) in [7, 11) is 1.46. The van der Waals surface area contributed by atoms with Crippen LogP contribution in [0.1, 0.15) is 20.8 Å². The van der Waals surface area contributed by atoms with Crippen molar-refractivity contribution in [1.82, 2.24) is 15.5 Å². The van der Waals surface area contributed by atoms with Crippen LogP contribution < -0.4 is 15.1 Å². The summed E-state index contributed by atoms with van der Waals surface area (Å²) >= 11 is 0. The minimum absolute atomic E-state index is 0.0228. The first-order chi connectivity index (χ1) is 19.7. The average molecular weight is 600 g/mol. The van der Waals surface area contributed by atoms with Crippen LogP contribution in [0.2, 0.25) is 0 Å². The Morgan fingerprint density at radius 2 is 1.62 bits per heavy atom. The number of hydroxylamine groups is 1. The topological polar surface area (TPSA) is 146 Å². The van der Waals surface area contributed by atoms with Gasteiger partial charge in [-0.25, -0.2) is 9.80 Å². The molecular formula is C24H18F6N6O6. The molecule has 1 aliphatic rings. The normalized spacial score (nSPS) is 12.4. The Balaban J connectivity index is 0.000000616. The maximum Gasteiger partial charge on any atom is 0.545 e. The molecule has 0 atom stereocenters. The first-order valence-electron chi connectivity index (χ1n) is 11.3. The molecule has 0 unspecified atom stereocenters. The number of carbonyl (C=O) groups is 3. The Morgan fingerprint density at radius 3 is 2.21 bits per heavy atom. The Bertz CT molecular complexity index is 1470. The number of amides is 2. The molecule has 2 aromatic carbocycles. The molecule has 222 valence electrons. The Hall–Kier alpha value is -5.26. The molecular weight excluding hydrogens is 582 g/mol. The van der Waals surface area contributed by atoms with Gasteiger partial charge in [-0.3, -0.25) is 14.6 Å². The third-order valence-corrected chi connectivity index (χ3v) is 4.87. The largest absolute Gasteiger partial charge is 0.545 e. The lowest BCUT2D eigenvalue weighted by Gasteiger charge is -2.35. The van der Waals surface area contributed by atoms with E-state index in [0.717, 1.165) is 5.01 Å². The summed E-state index contributed by atoms with van der Waals surface area (Å²) < 4.78 is 77.0. The SMILES string of the molecule is CNC(=O)c1cc(Oc2ccc3c(c2)N=NCN3N(OC(F)(F)F)C(=O)c2ccccc2)ccn1.O=C(O)C(F)(F)F. The predicted molar refractivity (Wildman–Crippen MR) is 129 cm³/mol. The third kappa shape index (κ3) is 8.37. The highest BCUT2D eigenvalue weighted by Gasteiger charge is 2.40. The molecule has 1 aliphatic heterocycles. The quantitative estimate of drug-likeness (QED) is 0.289. The summed E-state index contributed by atoms with van der Waals surface area (Å²) in [6.45, 7) is -0.401. The number of carboxylic acids is 1. The molecule has 0 bridgehead atoms. The minimum Gasteiger partial charge on any atom is -0.475 e. The van der Waals surface area contributed by atoms with Gasteiger partial charge in [-0.2, -0.15) is 23.4 Å². The summed E-state index contributed by atoms with van der Waals surface area (Å²) in [4.78, 5) is 41.6. The van der Waals surface area contributed by atoms with E-state index in [0.29, 0.717) is 5.75 Å². The number of alkyl halides is 6. The van der Waals surface area contributed by atoms with E-state index in [2.05, 4.69) is 25.4 Å². The second kappa shape index (κ2) is 12.9. The summed E-state index contributed by atoms with van der Waals surface area (Å²) in [5, 5.41) is 18.4. The van der Waals surface area contributed by atoms with E-state index < -0.39 is 37.0 Å². The van der Waals surface area contributed by atoms with Crippen LogP contribution in [-0.2, 0) is 9.63 Å². The number of pyridine rings is 1. The molecule has 0 radical (unpaired) electrons. The molecule has 2 N–H and O–H groups in total. The molecule has 1 aromatic heterocycles. The fraction of sp³-hybridized carbons (Fsp3) is 0.167. The molecule has 0 spiro atoms. The molecule has 0 saturated heterocycles. The average Bonchev–Trinajstić information content (AvgIpc) is 2.94. The molecule has 0 saturated carbocycles. The van der Waals surface area contributed by atoms with Crippen molar-refractivity contribution < 1.29 is 55.4 Å². The van der Waals surface area contributed by atoms with Gasteiger partial charge in [0.1, 0.15) is 22.9 Å². The van der Waals surface area contributed by atoms with Crippen LogP contribution in [0.4, 0.5) is 37.7 Å². The van der Waals surface area contributed by atoms with Crippen molar-refractivity contribution in [3.05, 3.63) is 78.1 Å². The highest BCUT2D eigenvalue weighted by atomic mass is 19.4. The van der Waals surface area contributed by atoms with Gasteiger partial charge in [-0.1, -0.05) is 18.2 Å². The van der Waals surface area contributed by atoms with Crippen molar-refractivity contribution in [2.24, 2.45) is 10.2 Å². The van der Waals surface area contributed by atoms with E-state index in [1.807, 2.05) is 0 Å². The number of halogens is 6. The molecule has 4 rings (SSSR count). The zero-order chi connectivity index (χ0) is 31.1. The second-order valence-electron chi connectivity index (χ2n) is 7.77. The Kier molecular flexibility index (Phi) is 9.63. The van der Waals surface area contributed by atoms with Crippen LogP contribution in [0.15, 0.2) is 77.1 Å². The molecule has 2 amide bonds. The standard InChI is InChI=1S/C22H17F3N6O4.C2HF3O2/c1-26-20(32)18-12-16(9-10-27-18)34-15-7-8-19-17(11-15)29-28-13-30(19)31(35-22(23,24)25)21(33)14-5-3-2-4-6-14;3-2(4,5)1(6)7/h2-12H,13H2,1H3,(H,26,32);(H,6,7). The van der Waals surface area contributed by atoms with E-state index in [-0.39, 0.29) is 33.6 Å². The monoisotopic (exact) mass is 600 g/mol. The number of carboxylic acid groups (broad SMARTS) is 1. The molecule has 0 aliphatic carbocycles. The predicted octanol–water partition coefficient (Wildman–Crippen LogP) is 5.24. The van der Waals surface area contributed by atoms with Gasteiger partial charge in [0, 0.05) is 30.9 Å². The molecule has 12 nitrogen and oxygen atoms in total. The number of nitrogens with one attached hydrogen (secondary N) is 1. The van der Waals surface area contributed by atoms with Gasteiger partial charge in [-0.05, 0) is 30.3 Å². The number of anilines is 1. The number of azo groups is 1. The Labute approximate surface area is 231 Å². The molecule has 42 heavy (non-hydrogen) atoms. The maximum absolute atomic E-state index is 13.2. The van der Waals surface area contributed by atoms with Gasteiger partial charge in [0.25, 0.3) is 11.8 Å². The van der Waals surface area contributed by atoms with Crippen LogP contribution in [0.25, 0.3) is 0 Å². The third-order valence-electron chi connectivity index (χ3n) is 4.87. The lowest BCUT2D eigenvalue weighted by atomic mass is 10.2. The van der Waals surface area contributed by atoms with Gasteiger partial charge in [-0.15, -0.1) is 23.2 Å².